The minimum absolute atomic E-state index is 0.125. The van der Waals surface area contributed by atoms with Crippen molar-refractivity contribution in [2.75, 3.05) is 0 Å². The van der Waals surface area contributed by atoms with Crippen molar-refractivity contribution < 1.29 is 0 Å². The van der Waals surface area contributed by atoms with Crippen LogP contribution in [0.25, 0.3) is 0 Å². The van der Waals surface area contributed by atoms with Crippen molar-refractivity contribution in [1.82, 2.24) is 9.55 Å². The molecule has 1 aromatic heterocycles. The van der Waals surface area contributed by atoms with Crippen LogP contribution in [-0.4, -0.2) is 19.5 Å². The van der Waals surface area contributed by atoms with Gasteiger partial charge in [0.15, 0.2) is 5.82 Å². The summed E-state index contributed by atoms with van der Waals surface area (Å²) in [6, 6.07) is 0. The zero-order valence-electron chi connectivity index (χ0n) is 5.91. The van der Waals surface area contributed by atoms with Crippen molar-refractivity contribution in [1.29, 1.82) is 0 Å². The number of hydrogen-bond donors (Lipinski definition) is 1. The number of thiol groups is 1. The zero-order valence-corrected chi connectivity index (χ0v) is 10.5. The highest BCUT2D eigenvalue weighted by molar-refractivity contribution is 14.1. The Balaban J connectivity index is 2.55. The van der Waals surface area contributed by atoms with Gasteiger partial charge >= 0.3 is 0 Å². The molecule has 0 fully saturated rings. The minimum Gasteiger partial charge on any atom is -0.315 e. The van der Waals surface area contributed by atoms with E-state index in [1.54, 1.807) is 0 Å². The summed E-state index contributed by atoms with van der Waals surface area (Å²) < 4.78 is 3.21. The van der Waals surface area contributed by atoms with Gasteiger partial charge in [0.25, 0.3) is 0 Å². The summed E-state index contributed by atoms with van der Waals surface area (Å²) in [4.78, 5) is 8.57. The molecule has 0 radical (unpaired) electrons. The Hall–Kier alpha value is 0.440. The lowest BCUT2D eigenvalue weighted by molar-refractivity contribution is 0.650. The summed E-state index contributed by atoms with van der Waals surface area (Å²) in [6.45, 7) is 0.831. The predicted octanol–water partition coefficient (Wildman–Crippen LogP) is 1.90. The lowest BCUT2D eigenvalue weighted by Crippen LogP contribution is -2.20. The van der Waals surface area contributed by atoms with Crippen molar-refractivity contribution >= 4 is 56.2 Å². The Kier molecular flexibility index (Phi) is 2.48. The second kappa shape index (κ2) is 3.30. The van der Waals surface area contributed by atoms with Crippen molar-refractivity contribution in [3.05, 3.63) is 15.7 Å². The number of fused-ring (bicyclic) bond motifs is 1. The second-order valence-electron chi connectivity index (χ2n) is 2.40. The SMILES string of the molecule is SC1=NC(Br)Cn2c(I)cnc21. The van der Waals surface area contributed by atoms with Gasteiger partial charge in [0.05, 0.1) is 12.7 Å². The number of halogens is 2. The summed E-state index contributed by atoms with van der Waals surface area (Å²) in [5.41, 5.74) is 0. The van der Waals surface area contributed by atoms with E-state index in [1.165, 1.54) is 0 Å². The van der Waals surface area contributed by atoms with E-state index in [0.717, 1.165) is 16.1 Å². The lowest BCUT2D eigenvalue weighted by atomic mass is 10.5. The molecule has 0 saturated heterocycles. The van der Waals surface area contributed by atoms with Gasteiger partial charge in [0.2, 0.25) is 0 Å². The molecule has 0 bridgehead atoms. The van der Waals surface area contributed by atoms with Crippen LogP contribution in [0.3, 0.4) is 0 Å². The summed E-state index contributed by atoms with van der Waals surface area (Å²) >= 11 is 9.92. The molecule has 0 spiro atoms. The molecule has 6 heteroatoms. The highest BCUT2D eigenvalue weighted by Crippen LogP contribution is 2.20. The number of imidazole rings is 1. The van der Waals surface area contributed by atoms with Gasteiger partial charge in [-0.3, -0.25) is 4.99 Å². The zero-order chi connectivity index (χ0) is 8.72. The third-order valence-corrected chi connectivity index (χ3v) is 3.27. The van der Waals surface area contributed by atoms with Gasteiger partial charge in [-0.1, -0.05) is 15.9 Å². The largest absolute Gasteiger partial charge is 0.315 e. The van der Waals surface area contributed by atoms with Crippen LogP contribution in [-0.2, 0) is 6.54 Å². The molecule has 12 heavy (non-hydrogen) atoms. The first-order valence-electron chi connectivity index (χ1n) is 3.30. The summed E-state index contributed by atoms with van der Waals surface area (Å²) in [5, 5.41) is 0.700. The van der Waals surface area contributed by atoms with Crippen molar-refractivity contribution in [2.45, 2.75) is 11.5 Å². The number of aliphatic imine (C=N–C) groups is 1. The van der Waals surface area contributed by atoms with E-state index in [4.69, 9.17) is 0 Å². The number of rotatable bonds is 0. The van der Waals surface area contributed by atoms with Crippen LogP contribution in [0, 0.1) is 3.70 Å². The third kappa shape index (κ3) is 1.44. The molecule has 3 nitrogen and oxygen atoms in total. The van der Waals surface area contributed by atoms with Crippen LogP contribution < -0.4 is 0 Å². The highest BCUT2D eigenvalue weighted by Gasteiger charge is 2.19. The molecule has 1 aliphatic rings. The van der Waals surface area contributed by atoms with Crippen LogP contribution >= 0.6 is 51.1 Å². The number of nitrogens with zero attached hydrogens (tertiary/aromatic N) is 3. The first-order valence-corrected chi connectivity index (χ1v) is 5.75. The Morgan fingerprint density at radius 3 is 3.25 bits per heavy atom. The van der Waals surface area contributed by atoms with Crippen LogP contribution in [0.1, 0.15) is 5.82 Å². The topological polar surface area (TPSA) is 30.2 Å². The van der Waals surface area contributed by atoms with E-state index < -0.39 is 0 Å². The van der Waals surface area contributed by atoms with Gasteiger partial charge < -0.3 is 4.57 Å². The van der Waals surface area contributed by atoms with Crippen molar-refractivity contribution in [3.63, 3.8) is 0 Å². The molecule has 1 atom stereocenters. The fourth-order valence-electron chi connectivity index (χ4n) is 1.09. The number of alkyl halides is 1. The van der Waals surface area contributed by atoms with E-state index >= 15 is 0 Å². The first kappa shape index (κ1) is 9.01. The Bertz CT molecular complexity index is 349. The predicted molar refractivity (Wildman–Crippen MR) is 63.2 cm³/mol. The van der Waals surface area contributed by atoms with Crippen molar-refractivity contribution in [2.24, 2.45) is 4.99 Å². The molecule has 0 saturated carbocycles. The molecule has 2 rings (SSSR count). The van der Waals surface area contributed by atoms with Gasteiger partial charge in [-0.15, -0.1) is 12.6 Å². The van der Waals surface area contributed by atoms with Gasteiger partial charge in [0, 0.05) is 0 Å². The normalized spacial score (nSPS) is 21.9. The minimum atomic E-state index is 0.125. The average molecular weight is 358 g/mol. The molecule has 64 valence electrons. The first-order chi connectivity index (χ1) is 5.68. The maximum atomic E-state index is 4.25. The fraction of sp³-hybridized carbons (Fsp3) is 0.333. The molecule has 1 aromatic rings. The smallest absolute Gasteiger partial charge is 0.165 e. The monoisotopic (exact) mass is 357 g/mol. The van der Waals surface area contributed by atoms with Crippen LogP contribution in [0.15, 0.2) is 11.2 Å². The fourth-order valence-corrected chi connectivity index (χ4v) is 2.62. The van der Waals surface area contributed by atoms with Gasteiger partial charge in [-0.05, 0) is 22.6 Å². The third-order valence-electron chi connectivity index (χ3n) is 1.60. The van der Waals surface area contributed by atoms with E-state index in [1.807, 2.05) is 6.20 Å². The van der Waals surface area contributed by atoms with Crippen LogP contribution in [0.2, 0.25) is 0 Å². The molecule has 0 aromatic carbocycles. The molecule has 1 unspecified atom stereocenters. The number of hydrogen-bond acceptors (Lipinski definition) is 2. The molecule has 0 amide bonds. The lowest BCUT2D eigenvalue weighted by Gasteiger charge is -2.16. The number of aromatic nitrogens is 2. The van der Waals surface area contributed by atoms with Crippen LogP contribution in [0.5, 0.6) is 0 Å². The van der Waals surface area contributed by atoms with E-state index in [-0.39, 0.29) is 4.95 Å². The summed E-state index contributed by atoms with van der Waals surface area (Å²) in [5.74, 6) is 0.860. The van der Waals surface area contributed by atoms with Crippen LogP contribution in [0.4, 0.5) is 0 Å². The molecule has 0 aliphatic carbocycles. The van der Waals surface area contributed by atoms with E-state index in [0.29, 0.717) is 5.04 Å². The molecular formula is C6H5BrIN3S. The second-order valence-corrected chi connectivity index (χ2v) is 4.99. The summed E-state index contributed by atoms with van der Waals surface area (Å²) in [7, 11) is 0. The molecule has 1 aliphatic heterocycles. The Morgan fingerprint density at radius 2 is 2.50 bits per heavy atom. The van der Waals surface area contributed by atoms with E-state index in [9.17, 15) is 0 Å². The molecular weight excluding hydrogens is 353 g/mol. The molecule has 2 heterocycles. The highest BCUT2D eigenvalue weighted by atomic mass is 127. The van der Waals surface area contributed by atoms with E-state index in [2.05, 4.69) is 65.7 Å². The Labute approximate surface area is 97.3 Å². The molecule has 0 N–H and O–H groups in total. The summed E-state index contributed by atoms with van der Waals surface area (Å²) in [6.07, 6.45) is 1.83. The van der Waals surface area contributed by atoms with Crippen molar-refractivity contribution in [3.8, 4) is 0 Å². The maximum Gasteiger partial charge on any atom is 0.165 e. The maximum absolute atomic E-state index is 4.25. The van der Waals surface area contributed by atoms with Gasteiger partial charge in [0.1, 0.15) is 13.7 Å². The average Bonchev–Trinajstić information content (AvgIpc) is 2.33. The van der Waals surface area contributed by atoms with Gasteiger partial charge in [-0.2, -0.15) is 0 Å². The Morgan fingerprint density at radius 1 is 1.75 bits per heavy atom. The van der Waals surface area contributed by atoms with Gasteiger partial charge in [-0.25, -0.2) is 4.98 Å². The quantitative estimate of drug-likeness (QED) is 0.327. The standard InChI is InChI=1S/C6H5BrIN3S/c7-3-2-11-4(8)1-9-5(11)6(12)10-3/h1,3H,2H2,(H,10,12).